The number of aromatic hydroxyl groups is 2. The lowest BCUT2D eigenvalue weighted by Gasteiger charge is -2.07. The van der Waals surface area contributed by atoms with E-state index in [2.05, 4.69) is 0 Å². The number of phenolic OH excluding ortho intramolecular Hbond substituents is 2. The Balaban J connectivity index is 2.75. The maximum atomic E-state index is 10.9. The minimum absolute atomic E-state index is 0.0237. The number of nitro benzene ring substituents is 1. The van der Waals surface area contributed by atoms with E-state index in [1.807, 2.05) is 0 Å². The fraction of sp³-hybridized carbons (Fsp3) is 0. The Labute approximate surface area is 96.7 Å². The van der Waals surface area contributed by atoms with Crippen molar-refractivity contribution >= 4 is 5.69 Å². The normalized spacial score (nSPS) is 10.1. The monoisotopic (exact) mass is 231 g/mol. The van der Waals surface area contributed by atoms with Crippen molar-refractivity contribution in [1.29, 1.82) is 0 Å². The third kappa shape index (κ3) is 1.90. The summed E-state index contributed by atoms with van der Waals surface area (Å²) in [5.41, 5.74) is 0.0133. The van der Waals surface area contributed by atoms with Gasteiger partial charge in [-0.25, -0.2) is 0 Å². The largest absolute Gasteiger partial charge is 0.507 e. The van der Waals surface area contributed by atoms with Crippen LogP contribution in [0.15, 0.2) is 42.5 Å². The molecule has 0 radical (unpaired) electrons. The molecule has 0 unspecified atom stereocenters. The summed E-state index contributed by atoms with van der Waals surface area (Å²) in [7, 11) is 0. The molecule has 0 amide bonds. The first-order valence-corrected chi connectivity index (χ1v) is 4.86. The van der Waals surface area contributed by atoms with Gasteiger partial charge in [-0.05, 0) is 12.1 Å². The van der Waals surface area contributed by atoms with Gasteiger partial charge in [0.25, 0.3) is 5.69 Å². The van der Waals surface area contributed by atoms with Gasteiger partial charge in [-0.1, -0.05) is 24.3 Å². The van der Waals surface area contributed by atoms with Crippen molar-refractivity contribution in [3.63, 3.8) is 0 Å². The molecule has 0 aliphatic rings. The Hall–Kier alpha value is -2.56. The van der Waals surface area contributed by atoms with Crippen LogP contribution in [-0.2, 0) is 0 Å². The zero-order valence-corrected chi connectivity index (χ0v) is 8.70. The van der Waals surface area contributed by atoms with Gasteiger partial charge in [0.05, 0.1) is 4.92 Å². The first-order chi connectivity index (χ1) is 8.11. The zero-order chi connectivity index (χ0) is 12.4. The Kier molecular flexibility index (Phi) is 2.66. The first kappa shape index (κ1) is 10.9. The Morgan fingerprint density at radius 2 is 1.59 bits per heavy atom. The Morgan fingerprint density at radius 1 is 0.941 bits per heavy atom. The molecule has 2 rings (SSSR count). The average Bonchev–Trinajstić information content (AvgIpc) is 2.30. The molecule has 2 aromatic carbocycles. The number of benzene rings is 2. The van der Waals surface area contributed by atoms with E-state index in [4.69, 9.17) is 0 Å². The van der Waals surface area contributed by atoms with Crippen molar-refractivity contribution < 1.29 is 15.1 Å². The molecule has 17 heavy (non-hydrogen) atoms. The van der Waals surface area contributed by atoms with Gasteiger partial charge in [0.2, 0.25) is 0 Å². The van der Waals surface area contributed by atoms with Crippen molar-refractivity contribution in [2.24, 2.45) is 0 Å². The quantitative estimate of drug-likeness (QED) is 0.614. The van der Waals surface area contributed by atoms with Crippen molar-refractivity contribution in [2.45, 2.75) is 0 Å². The van der Waals surface area contributed by atoms with Gasteiger partial charge >= 0.3 is 0 Å². The van der Waals surface area contributed by atoms with Gasteiger partial charge in [0, 0.05) is 11.6 Å². The standard InChI is InChI=1S/C12H9NO4/c14-10-6-2-1-4-8(10)12-9(13(16)17)5-3-7-11(12)15/h1-7,14-15H. The second-order valence-corrected chi connectivity index (χ2v) is 3.45. The third-order valence-corrected chi connectivity index (χ3v) is 2.39. The van der Waals surface area contributed by atoms with Gasteiger partial charge in [-0.15, -0.1) is 0 Å². The number of nitro groups is 1. The van der Waals surface area contributed by atoms with Gasteiger partial charge in [0.1, 0.15) is 17.1 Å². The molecule has 0 bridgehead atoms. The lowest BCUT2D eigenvalue weighted by Crippen LogP contribution is -1.92. The van der Waals surface area contributed by atoms with Crippen LogP contribution in [0.5, 0.6) is 11.5 Å². The van der Waals surface area contributed by atoms with Crippen molar-refractivity contribution in [2.75, 3.05) is 0 Å². The van der Waals surface area contributed by atoms with Gasteiger partial charge in [0.15, 0.2) is 0 Å². The minimum Gasteiger partial charge on any atom is -0.507 e. The summed E-state index contributed by atoms with van der Waals surface area (Å²) in [6.07, 6.45) is 0. The number of nitrogens with zero attached hydrogens (tertiary/aromatic N) is 1. The number of phenols is 2. The number of hydrogen-bond acceptors (Lipinski definition) is 4. The molecule has 0 saturated heterocycles. The Morgan fingerprint density at radius 3 is 2.24 bits per heavy atom. The maximum absolute atomic E-state index is 10.9. The molecule has 2 aromatic rings. The van der Waals surface area contributed by atoms with Crippen LogP contribution in [0.2, 0.25) is 0 Å². The van der Waals surface area contributed by atoms with E-state index >= 15 is 0 Å². The molecule has 0 spiro atoms. The molecule has 5 nitrogen and oxygen atoms in total. The predicted molar refractivity (Wildman–Crippen MR) is 61.9 cm³/mol. The molecule has 0 atom stereocenters. The molecule has 0 fully saturated rings. The molecule has 2 N–H and O–H groups in total. The lowest BCUT2D eigenvalue weighted by molar-refractivity contribution is -0.384. The van der Waals surface area contributed by atoms with Crippen LogP contribution in [-0.4, -0.2) is 15.1 Å². The minimum atomic E-state index is -0.596. The summed E-state index contributed by atoms with van der Waals surface area (Å²) in [6, 6.07) is 10.2. The Bertz CT molecular complexity index is 580. The molecular weight excluding hydrogens is 222 g/mol. The van der Waals surface area contributed by atoms with Crippen LogP contribution in [0.3, 0.4) is 0 Å². The molecule has 86 valence electrons. The fourth-order valence-electron chi connectivity index (χ4n) is 1.64. The van der Waals surface area contributed by atoms with Crippen molar-refractivity contribution in [1.82, 2.24) is 0 Å². The number of rotatable bonds is 2. The highest BCUT2D eigenvalue weighted by Crippen LogP contribution is 2.41. The summed E-state index contributed by atoms with van der Waals surface area (Å²) in [6.45, 7) is 0. The molecule has 5 heteroatoms. The number of hydrogen-bond donors (Lipinski definition) is 2. The second kappa shape index (κ2) is 4.13. The van der Waals surface area contributed by atoms with Crippen LogP contribution in [0, 0.1) is 10.1 Å². The molecule has 0 heterocycles. The highest BCUT2D eigenvalue weighted by molar-refractivity contribution is 5.82. The molecule has 0 aliphatic heterocycles. The van der Waals surface area contributed by atoms with Crippen molar-refractivity contribution in [3.8, 4) is 22.6 Å². The van der Waals surface area contributed by atoms with Gasteiger partial charge in [-0.3, -0.25) is 10.1 Å². The smallest absolute Gasteiger partial charge is 0.281 e. The SMILES string of the molecule is O=[N+]([O-])c1cccc(O)c1-c1ccccc1O. The highest BCUT2D eigenvalue weighted by Gasteiger charge is 2.20. The van der Waals surface area contributed by atoms with Gasteiger partial charge < -0.3 is 10.2 Å². The van der Waals surface area contributed by atoms with E-state index in [1.165, 1.54) is 30.3 Å². The molecule has 0 aromatic heterocycles. The van der Waals surface area contributed by atoms with Gasteiger partial charge in [-0.2, -0.15) is 0 Å². The van der Waals surface area contributed by atoms with Crippen LogP contribution >= 0.6 is 0 Å². The second-order valence-electron chi connectivity index (χ2n) is 3.45. The summed E-state index contributed by atoms with van der Waals surface area (Å²) >= 11 is 0. The average molecular weight is 231 g/mol. The maximum Gasteiger partial charge on any atom is 0.281 e. The third-order valence-electron chi connectivity index (χ3n) is 2.39. The van der Waals surface area contributed by atoms with Crippen LogP contribution in [0.1, 0.15) is 0 Å². The number of para-hydroxylation sites is 1. The topological polar surface area (TPSA) is 83.6 Å². The van der Waals surface area contributed by atoms with E-state index in [0.29, 0.717) is 0 Å². The summed E-state index contributed by atoms with van der Waals surface area (Å²) < 4.78 is 0. The highest BCUT2D eigenvalue weighted by atomic mass is 16.6. The van der Waals surface area contributed by atoms with E-state index in [9.17, 15) is 20.3 Å². The van der Waals surface area contributed by atoms with Crippen molar-refractivity contribution in [3.05, 3.63) is 52.6 Å². The molecule has 0 saturated carbocycles. The summed E-state index contributed by atoms with van der Waals surface area (Å²) in [5, 5.41) is 30.2. The van der Waals surface area contributed by atoms with Crippen LogP contribution in [0.4, 0.5) is 5.69 Å². The van der Waals surface area contributed by atoms with E-state index in [0.717, 1.165) is 0 Å². The first-order valence-electron chi connectivity index (χ1n) is 4.86. The molecule has 0 aliphatic carbocycles. The zero-order valence-electron chi connectivity index (χ0n) is 8.70. The fourth-order valence-corrected chi connectivity index (χ4v) is 1.64. The van der Waals surface area contributed by atoms with Crippen LogP contribution in [0.25, 0.3) is 11.1 Å². The summed E-state index contributed by atoms with van der Waals surface area (Å²) in [5.74, 6) is -0.349. The van der Waals surface area contributed by atoms with Crippen LogP contribution < -0.4 is 0 Å². The molecular formula is C12H9NO4. The van der Waals surface area contributed by atoms with E-state index < -0.39 is 4.92 Å². The van der Waals surface area contributed by atoms with E-state index in [-0.39, 0.29) is 28.3 Å². The van der Waals surface area contributed by atoms with E-state index in [1.54, 1.807) is 12.1 Å². The summed E-state index contributed by atoms with van der Waals surface area (Å²) in [4.78, 5) is 10.3. The lowest BCUT2D eigenvalue weighted by atomic mass is 10.0. The predicted octanol–water partition coefficient (Wildman–Crippen LogP) is 2.67.